The summed E-state index contributed by atoms with van der Waals surface area (Å²) in [7, 11) is 0. The summed E-state index contributed by atoms with van der Waals surface area (Å²) in [6.07, 6.45) is 6.25. The third-order valence-corrected chi connectivity index (χ3v) is 1.91. The molecular formula is C5H8. The zero-order valence-corrected chi connectivity index (χ0v) is 3.33. The van der Waals surface area contributed by atoms with Crippen LogP contribution >= 0.6 is 0 Å². The zero-order valence-electron chi connectivity index (χ0n) is 3.33. The van der Waals surface area contributed by atoms with Crippen molar-refractivity contribution in [1.29, 1.82) is 0 Å². The van der Waals surface area contributed by atoms with Crippen LogP contribution in [0.5, 0.6) is 0 Å². The Labute approximate surface area is 32.2 Å². The normalized spacial score (nSPS) is 38.4. The van der Waals surface area contributed by atoms with Gasteiger partial charge in [0.15, 0.2) is 0 Å². The molecule has 28 valence electrons. The Morgan fingerprint density at radius 3 is 1.20 bits per heavy atom. The molecule has 2 aliphatic carbocycles. The van der Waals surface area contributed by atoms with Gasteiger partial charge in [0.05, 0.1) is 0 Å². The smallest absolute Gasteiger partial charge is 0.0297 e. The molecule has 2 rings (SSSR count). The molecule has 0 aromatic heterocycles. The minimum Gasteiger partial charge on any atom is -0.0471 e. The van der Waals surface area contributed by atoms with Crippen LogP contribution in [0.15, 0.2) is 0 Å². The molecule has 2 saturated carbocycles. The van der Waals surface area contributed by atoms with Crippen LogP contribution in [0.3, 0.4) is 0 Å². The summed E-state index contributed by atoms with van der Waals surface area (Å²) in [5.74, 6) is 0. The molecule has 0 bridgehead atoms. The van der Waals surface area contributed by atoms with E-state index in [4.69, 9.17) is 0 Å². The number of rotatable bonds is 0. The highest BCUT2D eigenvalue weighted by molar-refractivity contribution is 5.04. The highest BCUT2D eigenvalue weighted by Crippen LogP contribution is 2.65. The summed E-state index contributed by atoms with van der Waals surface area (Å²) in [6.45, 7) is 0. The first kappa shape index (κ1) is 2.22. The van der Waals surface area contributed by atoms with E-state index in [-0.39, 0.29) is 0 Å². The number of hydrogen-bond acceptors (Lipinski definition) is 0. The van der Waals surface area contributed by atoms with Crippen molar-refractivity contribution in [2.45, 2.75) is 25.7 Å². The molecule has 0 aromatic carbocycles. The standard InChI is InChI=1S/C5H8/c1-2-5(1)3-4-5/h1-4H2. The Bertz CT molecular complexity index is 42.9. The second-order valence-corrected chi connectivity index (χ2v) is 2.50. The summed E-state index contributed by atoms with van der Waals surface area (Å²) in [5, 5.41) is 0. The second-order valence-electron chi connectivity index (χ2n) is 2.50. The summed E-state index contributed by atoms with van der Waals surface area (Å²) in [4.78, 5) is 0. The molecule has 1 spiro atoms. The molecule has 0 nitrogen and oxygen atoms in total. The first-order valence-corrected chi connectivity index (χ1v) is 2.41. The highest BCUT2D eigenvalue weighted by atomic mass is 14.6. The van der Waals surface area contributed by atoms with E-state index in [0.29, 0.717) is 0 Å². The van der Waals surface area contributed by atoms with Gasteiger partial charge in [-0.15, -0.1) is 0 Å². The molecule has 0 N–H and O–H groups in total. The summed E-state index contributed by atoms with van der Waals surface area (Å²) >= 11 is 0. The zero-order chi connectivity index (χ0) is 3.33. The van der Waals surface area contributed by atoms with Crippen molar-refractivity contribution < 1.29 is 0 Å². The quantitative estimate of drug-likeness (QED) is 0.404. The Morgan fingerprint density at radius 1 is 0.800 bits per heavy atom. The van der Waals surface area contributed by atoms with E-state index in [1.165, 1.54) is 0 Å². The van der Waals surface area contributed by atoms with Crippen LogP contribution < -0.4 is 0 Å². The van der Waals surface area contributed by atoms with Gasteiger partial charge >= 0.3 is 0 Å². The van der Waals surface area contributed by atoms with Gasteiger partial charge in [0.2, 0.25) is 0 Å². The van der Waals surface area contributed by atoms with Crippen molar-refractivity contribution in [3.05, 3.63) is 0 Å². The Kier molecular flexibility index (Phi) is 0.160. The van der Waals surface area contributed by atoms with Crippen LogP contribution in [0.4, 0.5) is 0 Å². The van der Waals surface area contributed by atoms with Gasteiger partial charge in [0, 0.05) is 0 Å². The fourth-order valence-electron chi connectivity index (χ4n) is 0.854. The van der Waals surface area contributed by atoms with Crippen LogP contribution in [0.1, 0.15) is 25.7 Å². The monoisotopic (exact) mass is 68.1 g/mol. The molecule has 5 heavy (non-hydrogen) atoms. The minimum atomic E-state index is 1.00. The van der Waals surface area contributed by atoms with Crippen LogP contribution in [0.2, 0.25) is 0 Å². The van der Waals surface area contributed by atoms with Crippen molar-refractivity contribution in [1.82, 2.24) is 0 Å². The lowest BCUT2D eigenvalue weighted by molar-refractivity contribution is 0.898. The van der Waals surface area contributed by atoms with E-state index in [1.807, 2.05) is 0 Å². The van der Waals surface area contributed by atoms with Gasteiger partial charge in [-0.1, -0.05) is 0 Å². The maximum absolute atomic E-state index is 1.56. The van der Waals surface area contributed by atoms with Crippen LogP contribution in [0, 0.1) is 5.41 Å². The predicted molar refractivity (Wildman–Crippen MR) is 20.9 cm³/mol. The molecule has 0 saturated heterocycles. The molecule has 0 atom stereocenters. The minimum absolute atomic E-state index is 1.00. The maximum Gasteiger partial charge on any atom is -0.0297 e. The first-order chi connectivity index (χ1) is 2.41. The molecule has 0 amide bonds. The summed E-state index contributed by atoms with van der Waals surface area (Å²) in [5.41, 5.74) is 1.00. The van der Waals surface area contributed by atoms with E-state index < -0.39 is 0 Å². The first-order valence-electron chi connectivity index (χ1n) is 2.41. The van der Waals surface area contributed by atoms with Gasteiger partial charge in [0.25, 0.3) is 0 Å². The van der Waals surface area contributed by atoms with Crippen LogP contribution in [-0.4, -0.2) is 0 Å². The Morgan fingerprint density at radius 2 is 1.20 bits per heavy atom. The lowest BCUT2D eigenvalue weighted by atomic mass is 10.5. The lowest BCUT2D eigenvalue weighted by Crippen LogP contribution is -1.51. The van der Waals surface area contributed by atoms with Crippen molar-refractivity contribution in [2.75, 3.05) is 0 Å². The van der Waals surface area contributed by atoms with Gasteiger partial charge in [-0.3, -0.25) is 0 Å². The molecule has 2 aliphatic rings. The van der Waals surface area contributed by atoms with E-state index >= 15 is 0 Å². The van der Waals surface area contributed by atoms with Gasteiger partial charge in [-0.25, -0.2) is 0 Å². The Hall–Kier alpha value is 0. The molecular weight excluding hydrogens is 60.1 g/mol. The molecule has 2 fully saturated rings. The third kappa shape index (κ3) is 0.160. The average Bonchev–Trinajstić information content (AvgIpc) is 2.17. The van der Waals surface area contributed by atoms with E-state index in [1.54, 1.807) is 25.7 Å². The third-order valence-electron chi connectivity index (χ3n) is 1.91. The van der Waals surface area contributed by atoms with Crippen molar-refractivity contribution >= 4 is 0 Å². The topological polar surface area (TPSA) is 0 Å². The molecule has 0 radical (unpaired) electrons. The molecule has 0 heterocycles. The molecule has 0 aliphatic heterocycles. The van der Waals surface area contributed by atoms with E-state index in [0.717, 1.165) is 5.41 Å². The predicted octanol–water partition coefficient (Wildman–Crippen LogP) is 1.56. The summed E-state index contributed by atoms with van der Waals surface area (Å²) in [6, 6.07) is 0. The van der Waals surface area contributed by atoms with Gasteiger partial charge in [-0.2, -0.15) is 0 Å². The number of hydrogen-bond donors (Lipinski definition) is 0. The van der Waals surface area contributed by atoms with Crippen LogP contribution in [-0.2, 0) is 0 Å². The van der Waals surface area contributed by atoms with Gasteiger partial charge < -0.3 is 0 Å². The molecule has 0 unspecified atom stereocenters. The van der Waals surface area contributed by atoms with Crippen molar-refractivity contribution in [2.24, 2.45) is 5.41 Å². The highest BCUT2D eigenvalue weighted by Gasteiger charge is 2.52. The van der Waals surface area contributed by atoms with Crippen LogP contribution in [0.25, 0.3) is 0 Å². The van der Waals surface area contributed by atoms with E-state index in [9.17, 15) is 0 Å². The lowest BCUT2D eigenvalue weighted by Gasteiger charge is -1.60. The second kappa shape index (κ2) is 0.360. The van der Waals surface area contributed by atoms with Gasteiger partial charge in [0.1, 0.15) is 0 Å². The molecule has 0 aromatic rings. The SMILES string of the molecule is C1CC12CC2. The largest absolute Gasteiger partial charge is 0.0471 e. The van der Waals surface area contributed by atoms with Gasteiger partial charge in [-0.05, 0) is 31.1 Å². The fraction of sp³-hybridized carbons (Fsp3) is 1.00. The fourth-order valence-corrected chi connectivity index (χ4v) is 0.854. The molecule has 0 heteroatoms. The van der Waals surface area contributed by atoms with Crippen molar-refractivity contribution in [3.8, 4) is 0 Å². The average molecular weight is 68.1 g/mol. The summed E-state index contributed by atoms with van der Waals surface area (Å²) < 4.78 is 0. The Balaban J connectivity index is 2.30. The maximum atomic E-state index is 1.56. The van der Waals surface area contributed by atoms with Crippen molar-refractivity contribution in [3.63, 3.8) is 0 Å². The van der Waals surface area contributed by atoms with E-state index in [2.05, 4.69) is 0 Å².